The molecule has 2 aliphatic heterocycles. The molecule has 0 bridgehead atoms. The summed E-state index contributed by atoms with van der Waals surface area (Å²) < 4.78 is 11.0. The van der Waals surface area contributed by atoms with E-state index in [1.54, 1.807) is 0 Å². The minimum Gasteiger partial charge on any atom is -0.382 e. The van der Waals surface area contributed by atoms with Crippen molar-refractivity contribution in [1.82, 2.24) is 4.90 Å². The molecule has 1 saturated heterocycles. The Morgan fingerprint density at radius 3 is 3.00 bits per heavy atom. The van der Waals surface area contributed by atoms with Crippen molar-refractivity contribution in [1.29, 1.82) is 0 Å². The fourth-order valence-corrected chi connectivity index (χ4v) is 2.62. The van der Waals surface area contributed by atoms with Gasteiger partial charge in [-0.1, -0.05) is 18.2 Å². The lowest BCUT2D eigenvalue weighted by Gasteiger charge is -2.29. The van der Waals surface area contributed by atoms with Crippen molar-refractivity contribution < 1.29 is 14.3 Å². The highest BCUT2D eigenvalue weighted by molar-refractivity contribution is 5.77. The maximum atomic E-state index is 12.0. The summed E-state index contributed by atoms with van der Waals surface area (Å²) in [6.07, 6.45) is 0.925. The normalized spacial score (nSPS) is 22.0. The van der Waals surface area contributed by atoms with Crippen molar-refractivity contribution >= 4 is 11.6 Å². The van der Waals surface area contributed by atoms with Crippen molar-refractivity contribution in [2.24, 2.45) is 0 Å². The van der Waals surface area contributed by atoms with Crippen LogP contribution in [0.2, 0.25) is 0 Å². The number of rotatable bonds is 3. The van der Waals surface area contributed by atoms with Crippen LogP contribution in [-0.4, -0.2) is 56.4 Å². The molecule has 0 aromatic heterocycles. The fraction of sp³-hybridized carbons (Fsp3) is 0.533. The predicted octanol–water partition coefficient (Wildman–Crippen LogP) is 0.899. The van der Waals surface area contributed by atoms with Gasteiger partial charge in [0.15, 0.2) is 0 Å². The van der Waals surface area contributed by atoms with Crippen LogP contribution in [-0.2, 0) is 20.7 Å². The van der Waals surface area contributed by atoms with Gasteiger partial charge < -0.3 is 19.7 Å². The first kappa shape index (κ1) is 13.4. The zero-order valence-corrected chi connectivity index (χ0v) is 11.5. The van der Waals surface area contributed by atoms with Crippen LogP contribution < -0.4 is 5.32 Å². The summed E-state index contributed by atoms with van der Waals surface area (Å²) in [4.78, 5) is 13.8. The minimum atomic E-state index is 0.0622. The largest absolute Gasteiger partial charge is 0.382 e. The maximum absolute atomic E-state index is 12.0. The molecule has 1 atom stereocenters. The highest BCUT2D eigenvalue weighted by Gasteiger charge is 2.21. The average Bonchev–Trinajstić information content (AvgIpc) is 2.53. The van der Waals surface area contributed by atoms with E-state index in [-0.39, 0.29) is 18.6 Å². The first-order valence-corrected chi connectivity index (χ1v) is 7.12. The van der Waals surface area contributed by atoms with Crippen molar-refractivity contribution in [2.75, 3.05) is 44.8 Å². The van der Waals surface area contributed by atoms with Gasteiger partial charge in [-0.15, -0.1) is 0 Å². The third-order valence-electron chi connectivity index (χ3n) is 3.79. The van der Waals surface area contributed by atoms with E-state index in [0.29, 0.717) is 26.3 Å². The summed E-state index contributed by atoms with van der Waals surface area (Å²) in [6, 6.07) is 8.23. The highest BCUT2D eigenvalue weighted by atomic mass is 16.5. The molecule has 108 valence electrons. The van der Waals surface area contributed by atoms with Crippen LogP contribution in [0.1, 0.15) is 5.56 Å². The Labute approximate surface area is 118 Å². The van der Waals surface area contributed by atoms with Gasteiger partial charge in [0.05, 0.1) is 19.3 Å². The van der Waals surface area contributed by atoms with Gasteiger partial charge in [-0.2, -0.15) is 0 Å². The van der Waals surface area contributed by atoms with Crippen molar-refractivity contribution in [3.05, 3.63) is 29.8 Å². The lowest BCUT2D eigenvalue weighted by molar-refractivity contribution is -0.142. The summed E-state index contributed by atoms with van der Waals surface area (Å²) in [5, 5.41) is 3.35. The summed E-state index contributed by atoms with van der Waals surface area (Å²) >= 11 is 0. The fourth-order valence-electron chi connectivity index (χ4n) is 2.62. The Morgan fingerprint density at radius 2 is 2.15 bits per heavy atom. The average molecular weight is 276 g/mol. The molecule has 0 saturated carbocycles. The summed E-state index contributed by atoms with van der Waals surface area (Å²) in [6.45, 7) is 3.53. The van der Waals surface area contributed by atoms with Gasteiger partial charge in [-0.05, 0) is 11.6 Å². The third-order valence-corrected chi connectivity index (χ3v) is 3.79. The maximum Gasteiger partial charge on any atom is 0.248 e. The van der Waals surface area contributed by atoms with Crippen LogP contribution in [0.25, 0.3) is 0 Å². The van der Waals surface area contributed by atoms with Crippen LogP contribution in [0.15, 0.2) is 24.3 Å². The molecule has 1 unspecified atom stereocenters. The number of para-hydroxylation sites is 1. The van der Waals surface area contributed by atoms with E-state index >= 15 is 0 Å². The number of ether oxygens (including phenoxy) is 2. The lowest BCUT2D eigenvalue weighted by atomic mass is 10.0. The second kappa shape index (κ2) is 6.24. The number of nitrogens with one attached hydrogen (secondary N) is 1. The summed E-state index contributed by atoms with van der Waals surface area (Å²) in [7, 11) is 0. The summed E-state index contributed by atoms with van der Waals surface area (Å²) in [5.41, 5.74) is 2.43. The van der Waals surface area contributed by atoms with Gasteiger partial charge >= 0.3 is 0 Å². The number of nitrogens with zero attached hydrogens (tertiary/aromatic N) is 1. The zero-order chi connectivity index (χ0) is 13.8. The van der Waals surface area contributed by atoms with Crippen molar-refractivity contribution in [3.8, 4) is 0 Å². The number of carbonyl (C=O) groups excluding carboxylic acids is 1. The molecular weight excluding hydrogens is 256 g/mol. The highest BCUT2D eigenvalue weighted by Crippen LogP contribution is 2.22. The van der Waals surface area contributed by atoms with Gasteiger partial charge in [0.25, 0.3) is 0 Å². The van der Waals surface area contributed by atoms with Gasteiger partial charge in [-0.3, -0.25) is 4.79 Å². The van der Waals surface area contributed by atoms with E-state index in [9.17, 15) is 4.79 Å². The molecule has 1 aromatic rings. The molecule has 5 heteroatoms. The molecule has 1 aromatic carbocycles. The first-order chi connectivity index (χ1) is 9.83. The van der Waals surface area contributed by atoms with Gasteiger partial charge in [0.1, 0.15) is 6.61 Å². The Balaban J connectivity index is 1.49. The Bertz CT molecular complexity index is 472. The minimum absolute atomic E-state index is 0.0622. The Hall–Kier alpha value is -1.59. The van der Waals surface area contributed by atoms with E-state index in [2.05, 4.69) is 17.4 Å². The van der Waals surface area contributed by atoms with Gasteiger partial charge in [0.2, 0.25) is 5.91 Å². The molecule has 3 rings (SSSR count). The van der Waals surface area contributed by atoms with E-state index in [0.717, 1.165) is 13.0 Å². The number of carbonyl (C=O) groups is 1. The molecule has 0 radical (unpaired) electrons. The number of hydrogen-bond acceptors (Lipinski definition) is 4. The molecule has 1 fully saturated rings. The smallest absolute Gasteiger partial charge is 0.248 e. The van der Waals surface area contributed by atoms with Crippen LogP contribution in [0.4, 0.5) is 5.69 Å². The summed E-state index contributed by atoms with van der Waals surface area (Å²) in [5.74, 6) is 0.0622. The molecule has 2 aliphatic rings. The Morgan fingerprint density at radius 1 is 1.35 bits per heavy atom. The predicted molar refractivity (Wildman–Crippen MR) is 75.8 cm³/mol. The molecule has 5 nitrogen and oxygen atoms in total. The monoisotopic (exact) mass is 276 g/mol. The number of anilines is 1. The van der Waals surface area contributed by atoms with E-state index in [1.807, 2.05) is 17.0 Å². The number of fused-ring (bicyclic) bond motifs is 1. The zero-order valence-electron chi connectivity index (χ0n) is 11.5. The number of hydrogen-bond donors (Lipinski definition) is 1. The third kappa shape index (κ3) is 3.11. The topological polar surface area (TPSA) is 50.8 Å². The second-order valence-corrected chi connectivity index (χ2v) is 5.17. The van der Waals surface area contributed by atoms with Crippen LogP contribution in [0.3, 0.4) is 0 Å². The molecule has 0 spiro atoms. The van der Waals surface area contributed by atoms with Crippen LogP contribution in [0.5, 0.6) is 0 Å². The van der Waals surface area contributed by atoms with Crippen molar-refractivity contribution in [3.63, 3.8) is 0 Å². The second-order valence-electron chi connectivity index (χ2n) is 5.17. The van der Waals surface area contributed by atoms with E-state index in [1.165, 1.54) is 11.3 Å². The molecule has 1 N–H and O–H groups in total. The standard InChI is InChI=1S/C15H20N2O3/c18-15(17-5-7-19-8-6-17)11-20-13-9-12-3-1-2-4-14(12)16-10-13/h1-4,13,16H,5-11H2. The van der Waals surface area contributed by atoms with Crippen LogP contribution in [0, 0.1) is 0 Å². The van der Waals surface area contributed by atoms with Gasteiger partial charge in [-0.25, -0.2) is 0 Å². The van der Waals surface area contributed by atoms with Crippen LogP contribution >= 0.6 is 0 Å². The molecular formula is C15H20N2O3. The molecule has 2 heterocycles. The van der Waals surface area contributed by atoms with E-state index in [4.69, 9.17) is 9.47 Å². The van der Waals surface area contributed by atoms with Crippen molar-refractivity contribution in [2.45, 2.75) is 12.5 Å². The number of benzene rings is 1. The van der Waals surface area contributed by atoms with Gasteiger partial charge in [0, 0.05) is 31.7 Å². The first-order valence-electron chi connectivity index (χ1n) is 7.12. The lowest BCUT2D eigenvalue weighted by Crippen LogP contribution is -2.43. The molecule has 0 aliphatic carbocycles. The quantitative estimate of drug-likeness (QED) is 0.891. The number of morpholine rings is 1. The molecule has 1 amide bonds. The van der Waals surface area contributed by atoms with E-state index < -0.39 is 0 Å². The molecule has 20 heavy (non-hydrogen) atoms. The number of amides is 1. The SMILES string of the molecule is O=C(COC1CNc2ccccc2C1)N1CCOCC1. The Kier molecular flexibility index (Phi) is 4.18.